The summed E-state index contributed by atoms with van der Waals surface area (Å²) in [4.78, 5) is 0. The number of halogens is 1. The Kier molecular flexibility index (Phi) is 2.36. The van der Waals surface area contributed by atoms with Gasteiger partial charge in [-0.1, -0.05) is 22.0 Å². The van der Waals surface area contributed by atoms with Gasteiger partial charge in [0.15, 0.2) is 0 Å². The van der Waals surface area contributed by atoms with Crippen molar-refractivity contribution in [3.63, 3.8) is 0 Å². The van der Waals surface area contributed by atoms with Gasteiger partial charge in [-0.2, -0.15) is 5.26 Å². The van der Waals surface area contributed by atoms with Crippen molar-refractivity contribution < 1.29 is 0 Å². The monoisotopic (exact) mass is 249 g/mol. The summed E-state index contributed by atoms with van der Waals surface area (Å²) in [5, 5.41) is 9.00. The normalized spacial score (nSPS) is 17.5. The number of hydrogen-bond acceptors (Lipinski definition) is 1. The van der Waals surface area contributed by atoms with Crippen LogP contribution < -0.4 is 0 Å². The summed E-state index contributed by atoms with van der Waals surface area (Å²) in [6, 6.07) is 8.72. The van der Waals surface area contributed by atoms with E-state index in [0.29, 0.717) is 0 Å². The minimum absolute atomic E-state index is 0.0292. The Morgan fingerprint density at radius 2 is 2.21 bits per heavy atom. The maximum atomic E-state index is 9.00. The molecule has 0 amide bonds. The first-order valence-corrected chi connectivity index (χ1v) is 5.61. The lowest BCUT2D eigenvalue weighted by Crippen LogP contribution is -2.02. The van der Waals surface area contributed by atoms with Crippen molar-refractivity contribution in [2.45, 2.75) is 26.2 Å². The zero-order valence-corrected chi connectivity index (χ0v) is 9.76. The molecule has 14 heavy (non-hydrogen) atoms. The number of benzene rings is 1. The lowest BCUT2D eigenvalue weighted by atomic mass is 9.95. The maximum absolute atomic E-state index is 9.00. The molecule has 0 aliphatic heterocycles. The van der Waals surface area contributed by atoms with Crippen LogP contribution in [0, 0.1) is 23.7 Å². The molecule has 72 valence electrons. The Bertz CT molecular complexity index is 399. The summed E-state index contributed by atoms with van der Waals surface area (Å²) in [6.07, 6.45) is 3.06. The second-order valence-corrected chi connectivity index (χ2v) is 5.06. The molecule has 0 radical (unpaired) electrons. The Balaban J connectivity index is 2.22. The lowest BCUT2D eigenvalue weighted by molar-refractivity contribution is 0.662. The van der Waals surface area contributed by atoms with Crippen LogP contribution >= 0.6 is 15.9 Å². The Labute approximate surface area is 92.9 Å². The third-order valence-corrected chi connectivity index (χ3v) is 3.42. The standard InChI is InChI=1S/C12H12BrN/c1-9-6-11(13)3-2-10(9)7-12(8-14)4-5-12/h2-3,6H,4-5,7H2,1H3. The van der Waals surface area contributed by atoms with Crippen LogP contribution in [0.5, 0.6) is 0 Å². The summed E-state index contributed by atoms with van der Waals surface area (Å²) in [5.74, 6) is 0. The predicted molar refractivity (Wildman–Crippen MR) is 59.9 cm³/mol. The van der Waals surface area contributed by atoms with Gasteiger partial charge >= 0.3 is 0 Å². The highest BCUT2D eigenvalue weighted by atomic mass is 79.9. The molecule has 1 fully saturated rings. The van der Waals surface area contributed by atoms with Gasteiger partial charge < -0.3 is 0 Å². The van der Waals surface area contributed by atoms with Crippen molar-refractivity contribution in [1.29, 1.82) is 5.26 Å². The third-order valence-electron chi connectivity index (χ3n) is 2.92. The van der Waals surface area contributed by atoms with Gasteiger partial charge in [-0.15, -0.1) is 0 Å². The van der Waals surface area contributed by atoms with E-state index in [0.717, 1.165) is 23.7 Å². The van der Waals surface area contributed by atoms with Gasteiger partial charge in [0.1, 0.15) is 0 Å². The molecule has 0 heterocycles. The fourth-order valence-electron chi connectivity index (χ4n) is 1.70. The summed E-state index contributed by atoms with van der Waals surface area (Å²) in [6.45, 7) is 2.10. The molecule has 2 heteroatoms. The number of nitrogens with zero attached hydrogens (tertiary/aromatic N) is 1. The molecule has 0 aromatic heterocycles. The van der Waals surface area contributed by atoms with E-state index in [9.17, 15) is 0 Å². The molecule has 1 aliphatic carbocycles. The third kappa shape index (κ3) is 1.83. The highest BCUT2D eigenvalue weighted by molar-refractivity contribution is 9.10. The smallest absolute Gasteiger partial charge is 0.0693 e. The van der Waals surface area contributed by atoms with Gasteiger partial charge in [-0.3, -0.25) is 0 Å². The van der Waals surface area contributed by atoms with Crippen LogP contribution in [0.3, 0.4) is 0 Å². The van der Waals surface area contributed by atoms with E-state index in [1.54, 1.807) is 0 Å². The fraction of sp³-hybridized carbons (Fsp3) is 0.417. The van der Waals surface area contributed by atoms with Crippen molar-refractivity contribution >= 4 is 15.9 Å². The first-order valence-electron chi connectivity index (χ1n) is 4.81. The van der Waals surface area contributed by atoms with E-state index in [1.807, 2.05) is 0 Å². The Morgan fingerprint density at radius 1 is 1.50 bits per heavy atom. The van der Waals surface area contributed by atoms with E-state index >= 15 is 0 Å². The molecule has 1 nitrogen and oxygen atoms in total. The zero-order chi connectivity index (χ0) is 10.2. The molecule has 1 aliphatic rings. The van der Waals surface area contributed by atoms with Crippen LogP contribution in [0.1, 0.15) is 24.0 Å². The summed E-state index contributed by atoms with van der Waals surface area (Å²) < 4.78 is 1.11. The molecule has 0 spiro atoms. The topological polar surface area (TPSA) is 23.8 Å². The van der Waals surface area contributed by atoms with Gasteiger partial charge in [0.2, 0.25) is 0 Å². The van der Waals surface area contributed by atoms with Crippen molar-refractivity contribution in [2.24, 2.45) is 5.41 Å². The molecule has 0 saturated heterocycles. The second-order valence-electron chi connectivity index (χ2n) is 4.14. The van der Waals surface area contributed by atoms with Crippen LogP contribution in [-0.4, -0.2) is 0 Å². The van der Waals surface area contributed by atoms with Gasteiger partial charge in [0, 0.05) is 4.47 Å². The van der Waals surface area contributed by atoms with E-state index in [1.165, 1.54) is 11.1 Å². The number of aryl methyl sites for hydroxylation is 1. The highest BCUT2D eigenvalue weighted by Crippen LogP contribution is 2.48. The summed E-state index contributed by atoms with van der Waals surface area (Å²) in [7, 11) is 0. The summed E-state index contributed by atoms with van der Waals surface area (Å²) in [5.41, 5.74) is 2.56. The maximum Gasteiger partial charge on any atom is 0.0693 e. The van der Waals surface area contributed by atoms with Gasteiger partial charge in [-0.05, 0) is 49.4 Å². The van der Waals surface area contributed by atoms with Gasteiger partial charge in [-0.25, -0.2) is 0 Å². The molecular formula is C12H12BrN. The molecule has 0 unspecified atom stereocenters. The minimum atomic E-state index is -0.0292. The first kappa shape index (κ1) is 9.73. The molecule has 0 bridgehead atoms. The number of rotatable bonds is 2. The van der Waals surface area contributed by atoms with Crippen LogP contribution in [-0.2, 0) is 6.42 Å². The second kappa shape index (κ2) is 3.40. The zero-order valence-electron chi connectivity index (χ0n) is 8.18. The fourth-order valence-corrected chi connectivity index (χ4v) is 2.18. The average Bonchev–Trinajstić information content (AvgIpc) is 2.91. The van der Waals surface area contributed by atoms with Crippen molar-refractivity contribution in [3.05, 3.63) is 33.8 Å². The Morgan fingerprint density at radius 3 is 2.71 bits per heavy atom. The largest absolute Gasteiger partial charge is 0.198 e. The van der Waals surface area contributed by atoms with Crippen LogP contribution in [0.4, 0.5) is 0 Å². The van der Waals surface area contributed by atoms with Gasteiger partial charge in [0.05, 0.1) is 11.5 Å². The highest BCUT2D eigenvalue weighted by Gasteiger charge is 2.43. The molecule has 0 atom stereocenters. The molecule has 0 N–H and O–H groups in total. The van der Waals surface area contributed by atoms with E-state index in [2.05, 4.69) is 47.1 Å². The minimum Gasteiger partial charge on any atom is -0.198 e. The van der Waals surface area contributed by atoms with Crippen LogP contribution in [0.2, 0.25) is 0 Å². The van der Waals surface area contributed by atoms with E-state index in [-0.39, 0.29) is 5.41 Å². The first-order chi connectivity index (χ1) is 6.65. The van der Waals surface area contributed by atoms with Crippen molar-refractivity contribution in [1.82, 2.24) is 0 Å². The SMILES string of the molecule is Cc1cc(Br)ccc1CC1(C#N)CC1. The van der Waals surface area contributed by atoms with Gasteiger partial charge in [0.25, 0.3) is 0 Å². The predicted octanol–water partition coefficient (Wildman–Crippen LogP) is 3.60. The van der Waals surface area contributed by atoms with Crippen LogP contribution in [0.25, 0.3) is 0 Å². The van der Waals surface area contributed by atoms with Crippen molar-refractivity contribution in [2.75, 3.05) is 0 Å². The summed E-state index contributed by atoms with van der Waals surface area (Å²) >= 11 is 3.44. The average molecular weight is 250 g/mol. The molecule has 2 rings (SSSR count). The van der Waals surface area contributed by atoms with E-state index in [4.69, 9.17) is 5.26 Å². The lowest BCUT2D eigenvalue weighted by Gasteiger charge is -2.09. The number of hydrogen-bond donors (Lipinski definition) is 0. The number of nitriles is 1. The van der Waals surface area contributed by atoms with Crippen LogP contribution in [0.15, 0.2) is 22.7 Å². The van der Waals surface area contributed by atoms with E-state index < -0.39 is 0 Å². The molecule has 1 aromatic rings. The van der Waals surface area contributed by atoms with Crippen molar-refractivity contribution in [3.8, 4) is 6.07 Å². The molecular weight excluding hydrogens is 238 g/mol. The molecule has 1 saturated carbocycles. The quantitative estimate of drug-likeness (QED) is 0.786. The Hall–Kier alpha value is -0.810. The molecule has 1 aromatic carbocycles.